The van der Waals surface area contributed by atoms with Crippen molar-refractivity contribution in [2.45, 2.75) is 25.8 Å². The monoisotopic (exact) mass is 269 g/mol. The molecule has 104 valence electrons. The maximum absolute atomic E-state index is 12.2. The Hall–Kier alpha value is -1.81. The summed E-state index contributed by atoms with van der Waals surface area (Å²) in [6.07, 6.45) is 1.68. The summed E-state index contributed by atoms with van der Waals surface area (Å²) in [5.41, 5.74) is 3.88. The Morgan fingerprint density at radius 1 is 1.35 bits per heavy atom. The molecule has 0 spiro atoms. The molecule has 4 rings (SSSR count). The average Bonchev–Trinajstić information content (AvgIpc) is 2.85. The third-order valence-electron chi connectivity index (χ3n) is 4.72. The Morgan fingerprint density at radius 2 is 2.20 bits per heavy atom. The molecule has 1 aromatic carbocycles. The van der Waals surface area contributed by atoms with Crippen molar-refractivity contribution in [1.29, 1.82) is 0 Å². The molecule has 0 aliphatic carbocycles. The largest absolute Gasteiger partial charge is 0.357 e. The van der Waals surface area contributed by atoms with Crippen LogP contribution in [0.1, 0.15) is 30.6 Å². The summed E-state index contributed by atoms with van der Waals surface area (Å²) in [6.45, 7) is 4.68. The smallest absolute Gasteiger partial charge is 0.225 e. The van der Waals surface area contributed by atoms with Gasteiger partial charge in [0.15, 0.2) is 0 Å². The van der Waals surface area contributed by atoms with E-state index < -0.39 is 0 Å². The minimum Gasteiger partial charge on any atom is -0.357 e. The van der Waals surface area contributed by atoms with Crippen LogP contribution in [0.25, 0.3) is 10.9 Å². The van der Waals surface area contributed by atoms with Crippen molar-refractivity contribution in [3.05, 3.63) is 35.5 Å². The van der Waals surface area contributed by atoms with Gasteiger partial charge in [-0.1, -0.05) is 18.2 Å². The van der Waals surface area contributed by atoms with Crippen LogP contribution in [0.4, 0.5) is 0 Å². The maximum Gasteiger partial charge on any atom is 0.225 e. The minimum atomic E-state index is 0.237. The summed E-state index contributed by atoms with van der Waals surface area (Å²) >= 11 is 0. The van der Waals surface area contributed by atoms with E-state index in [1.165, 1.54) is 22.2 Å². The molecule has 1 fully saturated rings. The Kier molecular flexibility index (Phi) is 2.60. The number of aromatic nitrogens is 1. The summed E-state index contributed by atoms with van der Waals surface area (Å²) in [5, 5.41) is 1.33. The van der Waals surface area contributed by atoms with Crippen molar-refractivity contribution in [2.75, 3.05) is 19.8 Å². The van der Waals surface area contributed by atoms with Crippen LogP contribution in [0.2, 0.25) is 0 Å². The molecule has 20 heavy (non-hydrogen) atoms. The van der Waals surface area contributed by atoms with Crippen molar-refractivity contribution in [3.8, 4) is 0 Å². The number of carbonyl (C=O) groups excluding carboxylic acids is 1. The molecule has 2 aromatic rings. The highest BCUT2D eigenvalue weighted by Crippen LogP contribution is 2.38. The molecular formula is C16H19N3O. The predicted octanol–water partition coefficient (Wildman–Crippen LogP) is 2.28. The first-order valence-electron chi connectivity index (χ1n) is 7.39. The van der Waals surface area contributed by atoms with E-state index in [4.69, 9.17) is 0 Å². The molecule has 0 bridgehead atoms. The van der Waals surface area contributed by atoms with Crippen molar-refractivity contribution >= 4 is 16.8 Å². The van der Waals surface area contributed by atoms with Crippen molar-refractivity contribution in [1.82, 2.24) is 14.8 Å². The molecule has 2 aliphatic rings. The number of hydrogen-bond acceptors (Lipinski definition) is 2. The minimum absolute atomic E-state index is 0.237. The second kappa shape index (κ2) is 4.35. The molecule has 0 radical (unpaired) electrons. The van der Waals surface area contributed by atoms with Crippen LogP contribution in [0, 0.1) is 0 Å². The quantitative estimate of drug-likeness (QED) is 0.862. The van der Waals surface area contributed by atoms with Gasteiger partial charge in [0.25, 0.3) is 0 Å². The number of fused-ring (bicyclic) bond motifs is 5. The van der Waals surface area contributed by atoms with Gasteiger partial charge in [0.2, 0.25) is 5.91 Å². The van der Waals surface area contributed by atoms with Gasteiger partial charge in [-0.05, 0) is 25.0 Å². The zero-order valence-electron chi connectivity index (χ0n) is 11.7. The number of hydrogen-bond donors (Lipinski definition) is 1. The van der Waals surface area contributed by atoms with Crippen LogP contribution in [0.15, 0.2) is 24.3 Å². The fraction of sp³-hybridized carbons (Fsp3) is 0.438. The highest BCUT2D eigenvalue weighted by Gasteiger charge is 2.37. The Bertz CT molecular complexity index is 675. The van der Waals surface area contributed by atoms with Crippen molar-refractivity contribution in [3.63, 3.8) is 0 Å². The van der Waals surface area contributed by atoms with Gasteiger partial charge in [-0.15, -0.1) is 0 Å². The number of nitrogens with zero attached hydrogens (tertiary/aromatic N) is 2. The number of nitrogens with one attached hydrogen (secondary N) is 1. The van der Waals surface area contributed by atoms with Gasteiger partial charge in [-0.25, -0.2) is 0 Å². The number of aromatic amines is 1. The molecule has 2 aliphatic heterocycles. The van der Waals surface area contributed by atoms with E-state index in [2.05, 4.69) is 41.1 Å². The van der Waals surface area contributed by atoms with E-state index in [0.29, 0.717) is 6.42 Å². The van der Waals surface area contributed by atoms with Gasteiger partial charge >= 0.3 is 0 Å². The number of para-hydroxylation sites is 1. The topological polar surface area (TPSA) is 39.3 Å². The van der Waals surface area contributed by atoms with Gasteiger partial charge in [-0.2, -0.15) is 0 Å². The van der Waals surface area contributed by atoms with Crippen LogP contribution in [-0.2, 0) is 11.2 Å². The number of carbonyl (C=O) groups is 1. The lowest BCUT2D eigenvalue weighted by Crippen LogP contribution is -2.51. The number of amides is 1. The first kappa shape index (κ1) is 12.0. The third-order valence-corrected chi connectivity index (χ3v) is 4.72. The molecule has 1 amide bonds. The molecule has 1 aromatic heterocycles. The van der Waals surface area contributed by atoms with E-state index in [0.717, 1.165) is 26.2 Å². The lowest BCUT2D eigenvalue weighted by Gasteiger charge is -2.43. The van der Waals surface area contributed by atoms with E-state index in [1.54, 1.807) is 0 Å². The molecule has 3 heterocycles. The molecule has 4 nitrogen and oxygen atoms in total. The van der Waals surface area contributed by atoms with Crippen LogP contribution >= 0.6 is 0 Å². The average molecular weight is 269 g/mol. The maximum atomic E-state index is 12.2. The summed E-state index contributed by atoms with van der Waals surface area (Å²) in [5.74, 6) is 0.278. The molecular weight excluding hydrogens is 250 g/mol. The van der Waals surface area contributed by atoms with E-state index in [1.807, 2.05) is 4.90 Å². The molecule has 1 unspecified atom stereocenters. The zero-order valence-corrected chi connectivity index (χ0v) is 11.7. The molecule has 0 saturated carbocycles. The van der Waals surface area contributed by atoms with Gasteiger partial charge in [-0.3, -0.25) is 9.69 Å². The van der Waals surface area contributed by atoms with Gasteiger partial charge < -0.3 is 9.88 Å². The van der Waals surface area contributed by atoms with E-state index in [-0.39, 0.29) is 11.9 Å². The second-order valence-electron chi connectivity index (χ2n) is 5.74. The Balaban J connectivity index is 1.78. The number of benzene rings is 1. The van der Waals surface area contributed by atoms with E-state index in [9.17, 15) is 4.79 Å². The van der Waals surface area contributed by atoms with Crippen LogP contribution in [0.3, 0.4) is 0 Å². The lowest BCUT2D eigenvalue weighted by atomic mass is 9.94. The van der Waals surface area contributed by atoms with Crippen LogP contribution in [-0.4, -0.2) is 40.4 Å². The third kappa shape index (κ3) is 1.61. The lowest BCUT2D eigenvalue weighted by molar-refractivity contribution is -0.141. The summed E-state index contributed by atoms with van der Waals surface area (Å²) in [7, 11) is 0. The van der Waals surface area contributed by atoms with Gasteiger partial charge in [0, 0.05) is 36.1 Å². The summed E-state index contributed by atoms with van der Waals surface area (Å²) < 4.78 is 0. The fourth-order valence-electron chi connectivity index (χ4n) is 3.64. The van der Waals surface area contributed by atoms with Crippen molar-refractivity contribution in [2.24, 2.45) is 0 Å². The number of H-pyrrole nitrogens is 1. The molecule has 1 N–H and O–H groups in total. The Labute approximate surface area is 118 Å². The predicted molar refractivity (Wildman–Crippen MR) is 78.3 cm³/mol. The first-order valence-corrected chi connectivity index (χ1v) is 7.39. The standard InChI is InChI=1S/C16H19N3O/c1-2-18-10-19-8-7-12-11-5-3-4-6-13(11)17-16(12)14(19)9-15(18)20/h3-6,14,17H,2,7-10H2,1H3. The van der Waals surface area contributed by atoms with Gasteiger partial charge in [0.05, 0.1) is 12.7 Å². The normalized spacial score (nSPS) is 22.9. The van der Waals surface area contributed by atoms with Crippen LogP contribution < -0.4 is 0 Å². The second-order valence-corrected chi connectivity index (χ2v) is 5.74. The summed E-state index contributed by atoms with van der Waals surface area (Å²) in [6, 6.07) is 8.70. The summed E-state index contributed by atoms with van der Waals surface area (Å²) in [4.78, 5) is 20.1. The Morgan fingerprint density at radius 3 is 3.05 bits per heavy atom. The molecule has 1 saturated heterocycles. The first-order chi connectivity index (χ1) is 9.78. The fourth-order valence-corrected chi connectivity index (χ4v) is 3.64. The highest BCUT2D eigenvalue weighted by atomic mass is 16.2. The molecule has 4 heteroatoms. The number of rotatable bonds is 1. The SMILES string of the molecule is CCN1CN2CCc3c([nH]c4ccccc34)C2CC1=O. The zero-order chi connectivity index (χ0) is 13.7. The van der Waals surface area contributed by atoms with E-state index >= 15 is 0 Å². The van der Waals surface area contributed by atoms with Crippen LogP contribution in [0.5, 0.6) is 0 Å². The molecule has 1 atom stereocenters. The highest BCUT2D eigenvalue weighted by molar-refractivity contribution is 5.86. The van der Waals surface area contributed by atoms with Crippen molar-refractivity contribution < 1.29 is 4.79 Å². The van der Waals surface area contributed by atoms with Gasteiger partial charge in [0.1, 0.15) is 0 Å².